The Morgan fingerprint density at radius 2 is 2.18 bits per heavy atom. The van der Waals surface area contributed by atoms with Gasteiger partial charge in [-0.25, -0.2) is 4.98 Å². The fraction of sp³-hybridized carbons (Fsp3) is 0.733. The lowest BCUT2D eigenvalue weighted by molar-refractivity contribution is -0.123. The van der Waals surface area contributed by atoms with Crippen LogP contribution in [0.1, 0.15) is 39.0 Å². The Morgan fingerprint density at radius 3 is 2.86 bits per heavy atom. The van der Waals surface area contributed by atoms with Crippen molar-refractivity contribution in [2.45, 2.75) is 63.7 Å². The summed E-state index contributed by atoms with van der Waals surface area (Å²) in [4.78, 5) is 16.3. The van der Waals surface area contributed by atoms with Crippen LogP contribution in [0.2, 0.25) is 0 Å². The minimum absolute atomic E-state index is 0. The summed E-state index contributed by atoms with van der Waals surface area (Å²) < 4.78 is 1.99. The van der Waals surface area contributed by atoms with Crippen LogP contribution in [-0.4, -0.2) is 33.6 Å². The molecule has 0 bridgehead atoms. The fourth-order valence-electron chi connectivity index (χ4n) is 3.62. The van der Waals surface area contributed by atoms with Crippen LogP contribution in [-0.2, 0) is 11.3 Å². The monoisotopic (exact) mass is 348 g/mol. The van der Waals surface area contributed by atoms with Crippen molar-refractivity contribution in [3.8, 4) is 0 Å². The molecule has 2 fully saturated rings. The van der Waals surface area contributed by atoms with Crippen LogP contribution in [0.3, 0.4) is 0 Å². The van der Waals surface area contributed by atoms with Crippen molar-refractivity contribution < 1.29 is 4.79 Å². The van der Waals surface area contributed by atoms with Crippen molar-refractivity contribution in [2.24, 2.45) is 5.92 Å². The van der Waals surface area contributed by atoms with E-state index in [1.807, 2.05) is 17.7 Å². The molecule has 2 aliphatic rings. The van der Waals surface area contributed by atoms with E-state index < -0.39 is 0 Å². The standard InChI is InChI=1S/C15H24N4O.2ClH/c1-11(9-19-7-6-16-10-19)17-15(20)14-8-12-4-2-3-5-13(12)18-14;;/h6-7,10-14,18H,2-5,8-9H2,1H3,(H,17,20);2*1H. The van der Waals surface area contributed by atoms with Crippen molar-refractivity contribution in [1.82, 2.24) is 20.2 Å². The molecule has 1 aliphatic carbocycles. The van der Waals surface area contributed by atoms with E-state index in [1.54, 1.807) is 12.5 Å². The number of fused-ring (bicyclic) bond motifs is 1. The SMILES string of the molecule is CC(Cn1ccnc1)NC(=O)C1CC2CCCCC2N1.Cl.Cl. The van der Waals surface area contributed by atoms with E-state index in [4.69, 9.17) is 0 Å². The molecule has 3 rings (SSSR count). The predicted molar refractivity (Wildman–Crippen MR) is 91.6 cm³/mol. The molecule has 7 heteroatoms. The number of aromatic nitrogens is 2. The number of carbonyl (C=O) groups is 1. The molecule has 4 unspecified atom stereocenters. The van der Waals surface area contributed by atoms with E-state index in [-0.39, 0.29) is 42.8 Å². The lowest BCUT2D eigenvalue weighted by Gasteiger charge is -2.24. The molecule has 126 valence electrons. The number of rotatable bonds is 4. The van der Waals surface area contributed by atoms with Crippen LogP contribution in [0.25, 0.3) is 0 Å². The number of hydrogen-bond donors (Lipinski definition) is 2. The van der Waals surface area contributed by atoms with Crippen molar-refractivity contribution in [3.63, 3.8) is 0 Å². The third-order valence-corrected chi connectivity index (χ3v) is 4.61. The molecule has 0 aromatic carbocycles. The zero-order valence-corrected chi connectivity index (χ0v) is 14.5. The fourth-order valence-corrected chi connectivity index (χ4v) is 3.62. The van der Waals surface area contributed by atoms with Gasteiger partial charge in [-0.15, -0.1) is 24.8 Å². The van der Waals surface area contributed by atoms with Gasteiger partial charge in [-0.05, 0) is 32.1 Å². The van der Waals surface area contributed by atoms with E-state index >= 15 is 0 Å². The Labute approximate surface area is 144 Å². The lowest BCUT2D eigenvalue weighted by atomic mass is 9.85. The maximum atomic E-state index is 12.3. The second-order valence-electron chi connectivity index (χ2n) is 6.28. The summed E-state index contributed by atoms with van der Waals surface area (Å²) in [6.45, 7) is 2.81. The average Bonchev–Trinajstić information content (AvgIpc) is 3.06. The molecular formula is C15H26Cl2N4O. The van der Waals surface area contributed by atoms with Crippen LogP contribution in [0, 0.1) is 5.92 Å². The summed E-state index contributed by atoms with van der Waals surface area (Å²) in [6, 6.07) is 0.706. The maximum Gasteiger partial charge on any atom is 0.237 e. The summed E-state index contributed by atoms with van der Waals surface area (Å²) in [7, 11) is 0. The number of carbonyl (C=O) groups excluding carboxylic acids is 1. The van der Waals surface area contributed by atoms with E-state index in [9.17, 15) is 4.79 Å². The zero-order valence-electron chi connectivity index (χ0n) is 12.9. The van der Waals surface area contributed by atoms with Crippen molar-refractivity contribution >= 4 is 30.7 Å². The molecule has 1 aromatic rings. The third kappa shape index (κ3) is 4.61. The summed E-state index contributed by atoms with van der Waals surface area (Å²) in [5.41, 5.74) is 0. The number of halogens is 2. The molecule has 2 heterocycles. The number of amides is 1. The first kappa shape index (κ1) is 19.3. The molecule has 5 nitrogen and oxygen atoms in total. The van der Waals surface area contributed by atoms with Gasteiger partial charge in [-0.1, -0.05) is 12.8 Å². The summed E-state index contributed by atoms with van der Waals surface area (Å²) in [6.07, 6.45) is 11.6. The summed E-state index contributed by atoms with van der Waals surface area (Å²) >= 11 is 0. The van der Waals surface area contributed by atoms with E-state index in [1.165, 1.54) is 25.7 Å². The number of nitrogens with one attached hydrogen (secondary N) is 2. The van der Waals surface area contributed by atoms with Crippen molar-refractivity contribution in [3.05, 3.63) is 18.7 Å². The second kappa shape index (κ2) is 8.75. The van der Waals surface area contributed by atoms with Crippen LogP contribution in [0.4, 0.5) is 0 Å². The Morgan fingerprint density at radius 1 is 1.41 bits per heavy atom. The molecule has 1 aromatic heterocycles. The van der Waals surface area contributed by atoms with E-state index in [2.05, 4.69) is 15.6 Å². The zero-order chi connectivity index (χ0) is 13.9. The quantitative estimate of drug-likeness (QED) is 0.876. The number of nitrogens with zero attached hydrogens (tertiary/aromatic N) is 2. The first-order valence-electron chi connectivity index (χ1n) is 7.74. The van der Waals surface area contributed by atoms with Crippen LogP contribution < -0.4 is 10.6 Å². The third-order valence-electron chi connectivity index (χ3n) is 4.61. The second-order valence-corrected chi connectivity index (χ2v) is 6.28. The van der Waals surface area contributed by atoms with Gasteiger partial charge < -0.3 is 15.2 Å². The van der Waals surface area contributed by atoms with Gasteiger partial charge in [-0.3, -0.25) is 4.79 Å². The Hall–Kier alpha value is -0.780. The molecule has 22 heavy (non-hydrogen) atoms. The van der Waals surface area contributed by atoms with Gasteiger partial charge in [0.1, 0.15) is 0 Å². The van der Waals surface area contributed by atoms with Gasteiger partial charge in [-0.2, -0.15) is 0 Å². The van der Waals surface area contributed by atoms with Gasteiger partial charge in [0.25, 0.3) is 0 Å². The van der Waals surface area contributed by atoms with Gasteiger partial charge in [0.2, 0.25) is 5.91 Å². The topological polar surface area (TPSA) is 59.0 Å². The molecule has 0 radical (unpaired) electrons. The predicted octanol–water partition coefficient (Wildman–Crippen LogP) is 2.15. The largest absolute Gasteiger partial charge is 0.350 e. The highest BCUT2D eigenvalue weighted by molar-refractivity contribution is 5.85. The highest BCUT2D eigenvalue weighted by Gasteiger charge is 2.38. The molecule has 4 atom stereocenters. The Balaban J connectivity index is 0.00000121. The number of imidazole rings is 1. The Kier molecular flexibility index (Phi) is 7.66. The van der Waals surface area contributed by atoms with Crippen LogP contribution >= 0.6 is 24.8 Å². The minimum atomic E-state index is 0. The molecule has 2 N–H and O–H groups in total. The van der Waals surface area contributed by atoms with Gasteiger partial charge in [0.05, 0.1) is 12.4 Å². The summed E-state index contributed by atoms with van der Waals surface area (Å²) in [5.74, 6) is 0.871. The normalized spacial score (nSPS) is 28.0. The minimum Gasteiger partial charge on any atom is -0.350 e. The van der Waals surface area contributed by atoms with Gasteiger partial charge in [0.15, 0.2) is 0 Å². The van der Waals surface area contributed by atoms with E-state index in [0.717, 1.165) is 13.0 Å². The highest BCUT2D eigenvalue weighted by atomic mass is 35.5. The molecule has 1 aliphatic heterocycles. The lowest BCUT2D eigenvalue weighted by Crippen LogP contribution is -2.47. The molecule has 0 spiro atoms. The number of hydrogen-bond acceptors (Lipinski definition) is 3. The highest BCUT2D eigenvalue weighted by Crippen LogP contribution is 2.33. The van der Waals surface area contributed by atoms with Gasteiger partial charge >= 0.3 is 0 Å². The smallest absolute Gasteiger partial charge is 0.237 e. The molecule has 1 saturated carbocycles. The first-order chi connectivity index (χ1) is 9.72. The summed E-state index contributed by atoms with van der Waals surface area (Å²) in [5, 5.41) is 6.65. The maximum absolute atomic E-state index is 12.3. The first-order valence-corrected chi connectivity index (χ1v) is 7.74. The Bertz CT molecular complexity index is 440. The average molecular weight is 349 g/mol. The van der Waals surface area contributed by atoms with Crippen molar-refractivity contribution in [2.75, 3.05) is 0 Å². The van der Waals surface area contributed by atoms with E-state index in [0.29, 0.717) is 12.0 Å². The molecular weight excluding hydrogens is 323 g/mol. The van der Waals surface area contributed by atoms with Crippen LogP contribution in [0.5, 0.6) is 0 Å². The van der Waals surface area contributed by atoms with Crippen molar-refractivity contribution in [1.29, 1.82) is 0 Å². The molecule has 1 saturated heterocycles. The molecule has 1 amide bonds. The van der Waals surface area contributed by atoms with Crippen LogP contribution in [0.15, 0.2) is 18.7 Å². The van der Waals surface area contributed by atoms with Gasteiger partial charge in [0, 0.05) is 31.0 Å².